The lowest BCUT2D eigenvalue weighted by atomic mass is 10.2. The number of carbonyl (C=O) groups is 1. The van der Waals surface area contributed by atoms with E-state index in [1.807, 2.05) is 26.0 Å². The number of hydrogen-bond donors (Lipinski definition) is 1. The number of carbonyl (C=O) groups excluding carboxylic acids is 1. The van der Waals surface area contributed by atoms with Crippen LogP contribution < -0.4 is 5.32 Å². The van der Waals surface area contributed by atoms with Gasteiger partial charge in [0.15, 0.2) is 0 Å². The van der Waals surface area contributed by atoms with Crippen LogP contribution in [0.3, 0.4) is 0 Å². The molecule has 1 unspecified atom stereocenters. The normalized spacial score (nSPS) is 12.4. The summed E-state index contributed by atoms with van der Waals surface area (Å²) in [6, 6.07) is 3.92. The number of hydrogen-bond acceptors (Lipinski definition) is 5. The molecule has 0 fully saturated rings. The van der Waals surface area contributed by atoms with Gasteiger partial charge < -0.3 is 14.5 Å². The summed E-state index contributed by atoms with van der Waals surface area (Å²) in [6.45, 7) is 6.57. The lowest BCUT2D eigenvalue weighted by molar-refractivity contribution is 0.0524. The summed E-state index contributed by atoms with van der Waals surface area (Å²) in [6.07, 6.45) is 1.54. The maximum absolute atomic E-state index is 11.9. The van der Waals surface area contributed by atoms with Crippen molar-refractivity contribution in [3.63, 3.8) is 0 Å². The molecule has 0 bridgehead atoms. The standard InChI is InChI=1S/C15H21N3O3/c1-5-20-15(19)12-8-17-18(4)13(12)9-16-11(3)14-7-6-10(2)21-14/h6-8,11,16H,5,9H2,1-4H3. The van der Waals surface area contributed by atoms with E-state index in [1.54, 1.807) is 18.7 Å². The molecule has 0 saturated heterocycles. The van der Waals surface area contributed by atoms with E-state index >= 15 is 0 Å². The molecule has 0 aromatic carbocycles. The largest absolute Gasteiger partial charge is 0.465 e. The molecule has 0 spiro atoms. The fourth-order valence-electron chi connectivity index (χ4n) is 2.09. The molecule has 0 aliphatic heterocycles. The summed E-state index contributed by atoms with van der Waals surface area (Å²) >= 11 is 0. The van der Waals surface area contributed by atoms with Crippen molar-refractivity contribution in [2.24, 2.45) is 7.05 Å². The van der Waals surface area contributed by atoms with Crippen LogP contribution in [0.4, 0.5) is 0 Å². The van der Waals surface area contributed by atoms with Gasteiger partial charge in [-0.05, 0) is 32.9 Å². The van der Waals surface area contributed by atoms with Crippen LogP contribution >= 0.6 is 0 Å². The maximum atomic E-state index is 11.9. The number of aryl methyl sites for hydroxylation is 2. The Balaban J connectivity index is 2.06. The summed E-state index contributed by atoms with van der Waals surface area (Å²) in [5, 5.41) is 7.46. The molecule has 0 amide bonds. The van der Waals surface area contributed by atoms with Crippen molar-refractivity contribution in [2.45, 2.75) is 33.4 Å². The number of aromatic nitrogens is 2. The van der Waals surface area contributed by atoms with Gasteiger partial charge in [-0.25, -0.2) is 4.79 Å². The highest BCUT2D eigenvalue weighted by atomic mass is 16.5. The Kier molecular flexibility index (Phi) is 4.80. The van der Waals surface area contributed by atoms with Crippen LogP contribution in [0, 0.1) is 6.92 Å². The van der Waals surface area contributed by atoms with Crippen LogP contribution in [0.1, 0.15) is 47.5 Å². The topological polar surface area (TPSA) is 69.3 Å². The zero-order chi connectivity index (χ0) is 15.4. The van der Waals surface area contributed by atoms with E-state index in [9.17, 15) is 4.79 Å². The van der Waals surface area contributed by atoms with Gasteiger partial charge in [0, 0.05) is 13.6 Å². The third-order valence-electron chi connectivity index (χ3n) is 3.32. The highest BCUT2D eigenvalue weighted by Gasteiger charge is 2.18. The molecule has 1 atom stereocenters. The van der Waals surface area contributed by atoms with Gasteiger partial charge >= 0.3 is 5.97 Å². The SMILES string of the molecule is CCOC(=O)c1cnn(C)c1CNC(C)c1ccc(C)o1. The summed E-state index contributed by atoms with van der Waals surface area (Å²) in [5.74, 6) is 1.41. The first kappa shape index (κ1) is 15.3. The molecule has 2 heterocycles. The highest BCUT2D eigenvalue weighted by molar-refractivity contribution is 5.90. The van der Waals surface area contributed by atoms with Gasteiger partial charge in [-0.3, -0.25) is 4.68 Å². The van der Waals surface area contributed by atoms with Crippen LogP contribution in [0.5, 0.6) is 0 Å². The Morgan fingerprint density at radius 2 is 2.29 bits per heavy atom. The zero-order valence-electron chi connectivity index (χ0n) is 12.8. The summed E-state index contributed by atoms with van der Waals surface area (Å²) in [4.78, 5) is 11.9. The molecular weight excluding hydrogens is 270 g/mol. The Hall–Kier alpha value is -2.08. The Morgan fingerprint density at radius 1 is 1.52 bits per heavy atom. The number of rotatable bonds is 6. The Morgan fingerprint density at radius 3 is 2.90 bits per heavy atom. The predicted octanol–water partition coefficient (Wildman–Crippen LogP) is 2.35. The van der Waals surface area contributed by atoms with E-state index in [1.165, 1.54) is 6.20 Å². The molecule has 2 aromatic rings. The highest BCUT2D eigenvalue weighted by Crippen LogP contribution is 2.17. The van der Waals surface area contributed by atoms with Crippen molar-refractivity contribution in [2.75, 3.05) is 6.61 Å². The minimum atomic E-state index is -0.344. The lowest BCUT2D eigenvalue weighted by Gasteiger charge is -2.12. The smallest absolute Gasteiger partial charge is 0.341 e. The van der Waals surface area contributed by atoms with Crippen LogP contribution in [-0.4, -0.2) is 22.4 Å². The zero-order valence-corrected chi connectivity index (χ0v) is 12.8. The van der Waals surface area contributed by atoms with Crippen LogP contribution in [0.15, 0.2) is 22.7 Å². The molecule has 2 rings (SSSR count). The molecule has 0 aliphatic rings. The molecule has 0 saturated carbocycles. The predicted molar refractivity (Wildman–Crippen MR) is 77.9 cm³/mol. The monoisotopic (exact) mass is 291 g/mol. The van der Waals surface area contributed by atoms with Crippen LogP contribution in [0.2, 0.25) is 0 Å². The second-order valence-corrected chi connectivity index (χ2v) is 4.90. The van der Waals surface area contributed by atoms with Crippen LogP contribution in [-0.2, 0) is 18.3 Å². The minimum Gasteiger partial charge on any atom is -0.465 e. The van der Waals surface area contributed by atoms with Crippen LogP contribution in [0.25, 0.3) is 0 Å². The van der Waals surface area contributed by atoms with E-state index in [0.717, 1.165) is 17.2 Å². The summed E-state index contributed by atoms with van der Waals surface area (Å²) in [5.41, 5.74) is 1.29. The van der Waals surface area contributed by atoms with Crippen molar-refractivity contribution in [3.8, 4) is 0 Å². The van der Waals surface area contributed by atoms with E-state index in [-0.39, 0.29) is 12.0 Å². The van der Waals surface area contributed by atoms with Gasteiger partial charge in [-0.2, -0.15) is 5.10 Å². The summed E-state index contributed by atoms with van der Waals surface area (Å²) in [7, 11) is 1.81. The molecule has 2 aromatic heterocycles. The molecule has 21 heavy (non-hydrogen) atoms. The van der Waals surface area contributed by atoms with Crippen molar-refractivity contribution < 1.29 is 13.9 Å². The number of ether oxygens (including phenoxy) is 1. The van der Waals surface area contributed by atoms with Crippen molar-refractivity contribution in [1.82, 2.24) is 15.1 Å². The van der Waals surface area contributed by atoms with Gasteiger partial charge in [0.1, 0.15) is 17.1 Å². The first-order valence-corrected chi connectivity index (χ1v) is 7.00. The lowest BCUT2D eigenvalue weighted by Crippen LogP contribution is -2.21. The molecule has 0 radical (unpaired) electrons. The minimum absolute atomic E-state index is 0.0450. The first-order valence-electron chi connectivity index (χ1n) is 7.00. The van der Waals surface area contributed by atoms with Crippen molar-refractivity contribution >= 4 is 5.97 Å². The van der Waals surface area contributed by atoms with Gasteiger partial charge in [-0.15, -0.1) is 0 Å². The fraction of sp³-hybridized carbons (Fsp3) is 0.467. The first-order chi connectivity index (χ1) is 10.0. The number of furan rings is 1. The number of nitrogens with one attached hydrogen (secondary N) is 1. The molecular formula is C15H21N3O3. The molecule has 6 heteroatoms. The quantitative estimate of drug-likeness (QED) is 0.827. The maximum Gasteiger partial charge on any atom is 0.341 e. The Labute approximate surface area is 124 Å². The van der Waals surface area contributed by atoms with E-state index < -0.39 is 0 Å². The molecule has 114 valence electrons. The molecule has 6 nitrogen and oxygen atoms in total. The molecule has 1 N–H and O–H groups in total. The average molecular weight is 291 g/mol. The van der Waals surface area contributed by atoms with Gasteiger partial charge in [0.05, 0.1) is 24.5 Å². The van der Waals surface area contributed by atoms with E-state index in [4.69, 9.17) is 9.15 Å². The summed E-state index contributed by atoms with van der Waals surface area (Å²) < 4.78 is 12.3. The third kappa shape index (κ3) is 3.52. The van der Waals surface area contributed by atoms with Gasteiger partial charge in [0.2, 0.25) is 0 Å². The van der Waals surface area contributed by atoms with Gasteiger partial charge in [-0.1, -0.05) is 0 Å². The number of esters is 1. The fourth-order valence-corrected chi connectivity index (χ4v) is 2.09. The Bertz CT molecular complexity index is 615. The van der Waals surface area contributed by atoms with Crippen molar-refractivity contribution in [1.29, 1.82) is 0 Å². The van der Waals surface area contributed by atoms with Crippen molar-refractivity contribution in [3.05, 3.63) is 41.1 Å². The number of nitrogens with zero attached hydrogens (tertiary/aromatic N) is 2. The van der Waals surface area contributed by atoms with E-state index in [2.05, 4.69) is 10.4 Å². The van der Waals surface area contributed by atoms with E-state index in [0.29, 0.717) is 18.7 Å². The second kappa shape index (κ2) is 6.58. The third-order valence-corrected chi connectivity index (χ3v) is 3.32. The molecule has 0 aliphatic carbocycles. The second-order valence-electron chi connectivity index (χ2n) is 4.90. The average Bonchev–Trinajstić information content (AvgIpc) is 3.03. The van der Waals surface area contributed by atoms with Gasteiger partial charge in [0.25, 0.3) is 0 Å².